The zero-order valence-electron chi connectivity index (χ0n) is 14.9. The van der Waals surface area contributed by atoms with Gasteiger partial charge >= 0.3 is 0 Å². The molecule has 0 atom stereocenters. The van der Waals surface area contributed by atoms with Crippen molar-refractivity contribution in [3.63, 3.8) is 0 Å². The maximum absolute atomic E-state index is 12.8. The molecule has 9 nitrogen and oxygen atoms in total. The number of benzene rings is 2. The molecular formula is C18H16N6O3S. The van der Waals surface area contributed by atoms with Gasteiger partial charge in [-0.3, -0.25) is 0 Å². The number of rotatable bonds is 5. The number of aryl methyl sites for hydroxylation is 1. The molecule has 0 fully saturated rings. The maximum Gasteiger partial charge on any atom is 0.272 e. The SMILES string of the molecule is Cn1c2ccccc2n2c1nn1c(S(=O)(=O)CCOc3ccccc3)nnc12. The van der Waals surface area contributed by atoms with Crippen LogP contribution in [0.25, 0.3) is 22.6 Å². The topological polar surface area (TPSA) is 95.8 Å². The summed E-state index contributed by atoms with van der Waals surface area (Å²) in [4.78, 5) is 0. The molecule has 0 spiro atoms. The van der Waals surface area contributed by atoms with E-state index in [4.69, 9.17) is 4.74 Å². The van der Waals surface area contributed by atoms with Crippen molar-refractivity contribution in [1.82, 2.24) is 28.8 Å². The van der Waals surface area contributed by atoms with E-state index in [9.17, 15) is 8.42 Å². The van der Waals surface area contributed by atoms with Crippen molar-refractivity contribution in [3.8, 4) is 5.75 Å². The van der Waals surface area contributed by atoms with Crippen LogP contribution in [-0.2, 0) is 16.9 Å². The number of aromatic nitrogens is 6. The van der Waals surface area contributed by atoms with Crippen LogP contribution in [0.3, 0.4) is 0 Å². The summed E-state index contributed by atoms with van der Waals surface area (Å²) in [6.45, 7) is 0.0115. The number of ether oxygens (including phenoxy) is 1. The highest BCUT2D eigenvalue weighted by Gasteiger charge is 2.26. The molecule has 0 aliphatic carbocycles. The van der Waals surface area contributed by atoms with Crippen LogP contribution in [0, 0.1) is 0 Å². The minimum atomic E-state index is -3.73. The fraction of sp³-hybridized carbons (Fsp3) is 0.167. The van der Waals surface area contributed by atoms with Crippen LogP contribution in [-0.4, -0.2) is 49.6 Å². The summed E-state index contributed by atoms with van der Waals surface area (Å²) in [6, 6.07) is 16.8. The van der Waals surface area contributed by atoms with Crippen molar-refractivity contribution in [2.24, 2.45) is 7.05 Å². The maximum atomic E-state index is 12.8. The standard InChI is InChI=1S/C18H16N6O3S/c1-22-14-9-5-6-10-15(14)23-16-19-20-18(24(16)21-17(22)23)28(25,26)12-11-27-13-7-3-2-4-8-13/h2-10H,11-12H2,1H3. The predicted octanol–water partition coefficient (Wildman–Crippen LogP) is 1.72. The Morgan fingerprint density at radius 2 is 1.64 bits per heavy atom. The molecule has 10 heteroatoms. The average molecular weight is 396 g/mol. The van der Waals surface area contributed by atoms with Gasteiger partial charge in [0.1, 0.15) is 12.4 Å². The molecule has 2 aromatic carbocycles. The van der Waals surface area contributed by atoms with E-state index in [1.54, 1.807) is 16.5 Å². The monoisotopic (exact) mass is 396 g/mol. The Bertz CT molecular complexity index is 1420. The van der Waals surface area contributed by atoms with Gasteiger partial charge in [0.05, 0.1) is 16.8 Å². The molecule has 0 radical (unpaired) electrons. The summed E-state index contributed by atoms with van der Waals surface area (Å²) < 4.78 is 36.0. The Balaban J connectivity index is 1.53. The lowest BCUT2D eigenvalue weighted by atomic mass is 10.3. The summed E-state index contributed by atoms with van der Waals surface area (Å²) in [6.07, 6.45) is 0. The highest BCUT2D eigenvalue weighted by atomic mass is 32.2. The Morgan fingerprint density at radius 1 is 0.929 bits per heavy atom. The number of sulfone groups is 1. The molecule has 0 unspecified atom stereocenters. The van der Waals surface area contributed by atoms with Crippen LogP contribution in [0.15, 0.2) is 59.8 Å². The lowest BCUT2D eigenvalue weighted by Crippen LogP contribution is -2.17. The Kier molecular flexibility index (Phi) is 3.63. The van der Waals surface area contributed by atoms with Crippen molar-refractivity contribution in [2.75, 3.05) is 12.4 Å². The van der Waals surface area contributed by atoms with Crippen molar-refractivity contribution in [2.45, 2.75) is 5.16 Å². The molecule has 3 heterocycles. The number of fused-ring (bicyclic) bond motifs is 5. The van der Waals surface area contributed by atoms with E-state index < -0.39 is 9.84 Å². The third-order valence-corrected chi connectivity index (χ3v) is 6.13. The third-order valence-electron chi connectivity index (χ3n) is 4.61. The molecule has 0 saturated heterocycles. The van der Waals surface area contributed by atoms with Crippen LogP contribution in [0.4, 0.5) is 0 Å². The Labute approximate surface area is 159 Å². The van der Waals surface area contributed by atoms with E-state index in [0.717, 1.165) is 11.0 Å². The normalized spacial score (nSPS) is 12.3. The Morgan fingerprint density at radius 3 is 2.43 bits per heavy atom. The summed E-state index contributed by atoms with van der Waals surface area (Å²) >= 11 is 0. The second-order valence-corrected chi connectivity index (χ2v) is 8.36. The van der Waals surface area contributed by atoms with Gasteiger partial charge in [-0.15, -0.1) is 15.3 Å². The molecule has 0 bridgehead atoms. The first-order valence-electron chi connectivity index (χ1n) is 8.64. The van der Waals surface area contributed by atoms with Crippen LogP contribution in [0.5, 0.6) is 5.75 Å². The molecular weight excluding hydrogens is 380 g/mol. The van der Waals surface area contributed by atoms with E-state index in [1.165, 1.54) is 4.52 Å². The molecule has 0 aliphatic heterocycles. The summed E-state index contributed by atoms with van der Waals surface area (Å²) in [5.41, 5.74) is 1.85. The van der Waals surface area contributed by atoms with Gasteiger partial charge in [0.2, 0.25) is 15.6 Å². The lowest BCUT2D eigenvalue weighted by molar-refractivity contribution is 0.340. The van der Waals surface area contributed by atoms with Gasteiger partial charge in [-0.05, 0) is 24.3 Å². The van der Waals surface area contributed by atoms with Crippen LogP contribution in [0.1, 0.15) is 0 Å². The molecule has 0 aliphatic rings. The molecule has 5 aromatic rings. The first-order valence-corrected chi connectivity index (χ1v) is 10.3. The number of hydrogen-bond acceptors (Lipinski definition) is 6. The van der Waals surface area contributed by atoms with Gasteiger partial charge in [-0.2, -0.15) is 4.52 Å². The number of para-hydroxylation sites is 3. The second-order valence-electron chi connectivity index (χ2n) is 6.36. The van der Waals surface area contributed by atoms with Crippen molar-refractivity contribution in [1.29, 1.82) is 0 Å². The third kappa shape index (κ3) is 2.45. The zero-order chi connectivity index (χ0) is 19.3. The largest absolute Gasteiger partial charge is 0.493 e. The van der Waals surface area contributed by atoms with Gasteiger partial charge in [0.15, 0.2) is 0 Å². The fourth-order valence-electron chi connectivity index (χ4n) is 3.26. The molecule has 3 aromatic heterocycles. The first kappa shape index (κ1) is 16.8. The van der Waals surface area contributed by atoms with Crippen LogP contribution < -0.4 is 4.74 Å². The van der Waals surface area contributed by atoms with Gasteiger partial charge in [0, 0.05) is 7.05 Å². The summed E-state index contributed by atoms with van der Waals surface area (Å²) in [7, 11) is -1.85. The number of imidazole rings is 1. The fourth-order valence-corrected chi connectivity index (χ4v) is 4.29. The molecule has 5 rings (SSSR count). The lowest BCUT2D eigenvalue weighted by Gasteiger charge is -2.05. The second kappa shape index (κ2) is 6.06. The minimum absolute atomic E-state index is 0.0115. The quantitative estimate of drug-likeness (QED) is 0.449. The van der Waals surface area contributed by atoms with E-state index in [-0.39, 0.29) is 17.5 Å². The summed E-state index contributed by atoms with van der Waals surface area (Å²) in [5.74, 6) is 1.33. The number of nitrogens with zero attached hydrogens (tertiary/aromatic N) is 6. The van der Waals surface area contributed by atoms with Gasteiger partial charge in [-0.1, -0.05) is 30.3 Å². The molecule has 0 amide bonds. The van der Waals surface area contributed by atoms with Gasteiger partial charge in [-0.25, -0.2) is 12.8 Å². The highest BCUT2D eigenvalue weighted by Crippen LogP contribution is 2.22. The van der Waals surface area contributed by atoms with Crippen LogP contribution in [0.2, 0.25) is 0 Å². The van der Waals surface area contributed by atoms with Gasteiger partial charge < -0.3 is 9.30 Å². The van der Waals surface area contributed by atoms with E-state index in [0.29, 0.717) is 17.3 Å². The Hall–Kier alpha value is -3.40. The molecule has 0 saturated carbocycles. The van der Waals surface area contributed by atoms with Crippen LogP contribution >= 0.6 is 0 Å². The molecule has 28 heavy (non-hydrogen) atoms. The van der Waals surface area contributed by atoms with E-state index in [2.05, 4.69) is 15.3 Å². The molecule has 0 N–H and O–H groups in total. The first-order chi connectivity index (χ1) is 13.6. The average Bonchev–Trinajstić information content (AvgIpc) is 3.34. The highest BCUT2D eigenvalue weighted by molar-refractivity contribution is 7.91. The van der Waals surface area contributed by atoms with Crippen molar-refractivity contribution < 1.29 is 13.2 Å². The minimum Gasteiger partial charge on any atom is -0.493 e. The number of hydrogen-bond donors (Lipinski definition) is 0. The smallest absolute Gasteiger partial charge is 0.272 e. The molecule has 142 valence electrons. The van der Waals surface area contributed by atoms with Gasteiger partial charge in [0.25, 0.3) is 10.9 Å². The predicted molar refractivity (Wildman–Crippen MR) is 102 cm³/mol. The van der Waals surface area contributed by atoms with Crippen molar-refractivity contribution >= 4 is 32.4 Å². The zero-order valence-corrected chi connectivity index (χ0v) is 15.7. The van der Waals surface area contributed by atoms with E-state index in [1.807, 2.05) is 54.1 Å². The van der Waals surface area contributed by atoms with Crippen molar-refractivity contribution in [3.05, 3.63) is 54.6 Å². The summed E-state index contributed by atoms with van der Waals surface area (Å²) in [5, 5.41) is 12.2. The van der Waals surface area contributed by atoms with E-state index >= 15 is 0 Å².